The van der Waals surface area contributed by atoms with Crippen molar-refractivity contribution in [1.29, 1.82) is 0 Å². The maximum atomic E-state index is 13.5. The van der Waals surface area contributed by atoms with Gasteiger partial charge >= 0.3 is 12.2 Å². The molecule has 4 rings (SSSR count). The van der Waals surface area contributed by atoms with E-state index in [1.165, 1.54) is 0 Å². The fraction of sp³-hybridized carbons (Fsp3) is 0.130. The summed E-state index contributed by atoms with van der Waals surface area (Å²) in [7, 11) is 0. The van der Waals surface area contributed by atoms with Crippen molar-refractivity contribution in [2.75, 3.05) is 11.9 Å². The van der Waals surface area contributed by atoms with Gasteiger partial charge in [0, 0.05) is 6.20 Å². The van der Waals surface area contributed by atoms with Gasteiger partial charge in [0.1, 0.15) is 6.54 Å². The minimum absolute atomic E-state index is 0.330. The maximum absolute atomic E-state index is 13.5. The third-order valence-corrected chi connectivity index (χ3v) is 5.54. The second-order valence-corrected chi connectivity index (χ2v) is 7.81. The number of pyridine rings is 1. The Morgan fingerprint density at radius 3 is 2.09 bits per heavy atom. The van der Waals surface area contributed by atoms with Gasteiger partial charge in [-0.05, 0) is 17.2 Å². The standard InChI is InChI=1S/C23H16ClF3N4O3/c24-17-11-16(23(25,26)27)12-28-19(17)29-18(32)13-31-20(33)22(30-21(31)34,14-7-3-1-4-8-14)15-9-5-2-6-10-15/h1-12H,13H2,(H,30,34)(H,28,29,32). The Morgan fingerprint density at radius 1 is 1.03 bits per heavy atom. The third-order valence-electron chi connectivity index (χ3n) is 5.25. The van der Waals surface area contributed by atoms with Crippen LogP contribution in [0.4, 0.5) is 23.8 Å². The van der Waals surface area contributed by atoms with Crippen LogP contribution < -0.4 is 10.6 Å². The summed E-state index contributed by atoms with van der Waals surface area (Å²) >= 11 is 5.82. The van der Waals surface area contributed by atoms with Crippen LogP contribution in [-0.4, -0.2) is 34.3 Å². The largest absolute Gasteiger partial charge is 0.417 e. The van der Waals surface area contributed by atoms with Crippen LogP contribution in [-0.2, 0) is 21.3 Å². The molecule has 4 amide bonds. The lowest BCUT2D eigenvalue weighted by Gasteiger charge is -2.28. The van der Waals surface area contributed by atoms with Crippen molar-refractivity contribution in [1.82, 2.24) is 15.2 Å². The van der Waals surface area contributed by atoms with Crippen molar-refractivity contribution in [3.05, 3.63) is 94.6 Å². The number of aromatic nitrogens is 1. The van der Waals surface area contributed by atoms with Gasteiger partial charge in [0.2, 0.25) is 5.91 Å². The molecule has 0 bridgehead atoms. The van der Waals surface area contributed by atoms with Crippen molar-refractivity contribution in [3.63, 3.8) is 0 Å². The molecule has 0 atom stereocenters. The highest BCUT2D eigenvalue weighted by atomic mass is 35.5. The zero-order valence-electron chi connectivity index (χ0n) is 17.3. The van der Waals surface area contributed by atoms with E-state index in [0.29, 0.717) is 23.4 Å². The van der Waals surface area contributed by atoms with E-state index in [1.807, 2.05) is 0 Å². The topological polar surface area (TPSA) is 91.4 Å². The summed E-state index contributed by atoms with van der Waals surface area (Å²) in [6.07, 6.45) is -4.14. The Bertz CT molecular complexity index is 1210. The predicted molar refractivity (Wildman–Crippen MR) is 117 cm³/mol. The average Bonchev–Trinajstić information content (AvgIpc) is 3.06. The number of nitrogens with zero attached hydrogens (tertiary/aromatic N) is 2. The number of halogens is 4. The van der Waals surface area contributed by atoms with Crippen molar-refractivity contribution in [3.8, 4) is 0 Å². The number of amides is 4. The molecule has 1 fully saturated rings. The van der Waals surface area contributed by atoms with Gasteiger partial charge in [-0.15, -0.1) is 0 Å². The Hall–Kier alpha value is -3.92. The lowest BCUT2D eigenvalue weighted by molar-refractivity contribution is -0.137. The third kappa shape index (κ3) is 4.19. The van der Waals surface area contributed by atoms with E-state index in [9.17, 15) is 27.6 Å². The normalized spacial score (nSPS) is 15.2. The number of alkyl halides is 3. The van der Waals surface area contributed by atoms with Gasteiger partial charge in [-0.25, -0.2) is 9.78 Å². The highest BCUT2D eigenvalue weighted by molar-refractivity contribution is 6.33. The second-order valence-electron chi connectivity index (χ2n) is 7.40. The first-order chi connectivity index (χ1) is 16.1. The molecular weight excluding hydrogens is 473 g/mol. The van der Waals surface area contributed by atoms with Gasteiger partial charge < -0.3 is 10.6 Å². The maximum Gasteiger partial charge on any atom is 0.417 e. The number of carbonyl (C=O) groups excluding carboxylic acids is 3. The molecule has 2 N–H and O–H groups in total. The van der Waals surface area contributed by atoms with Crippen molar-refractivity contribution < 1.29 is 27.6 Å². The molecule has 0 saturated carbocycles. The van der Waals surface area contributed by atoms with Crippen molar-refractivity contribution >= 4 is 35.3 Å². The van der Waals surface area contributed by atoms with E-state index in [2.05, 4.69) is 15.6 Å². The van der Waals surface area contributed by atoms with Gasteiger partial charge in [0.15, 0.2) is 11.4 Å². The Morgan fingerprint density at radius 2 is 1.59 bits per heavy atom. The second kappa shape index (κ2) is 8.79. The van der Waals surface area contributed by atoms with Crippen LogP contribution in [0, 0.1) is 0 Å². The number of urea groups is 1. The quantitative estimate of drug-likeness (QED) is 0.527. The van der Waals surface area contributed by atoms with Crippen LogP contribution in [0.25, 0.3) is 0 Å². The molecule has 34 heavy (non-hydrogen) atoms. The summed E-state index contributed by atoms with van der Waals surface area (Å²) in [5, 5.41) is 4.49. The van der Waals surface area contributed by atoms with Crippen LogP contribution in [0.3, 0.4) is 0 Å². The zero-order valence-corrected chi connectivity index (χ0v) is 18.0. The molecule has 1 aromatic heterocycles. The number of hydrogen-bond acceptors (Lipinski definition) is 4. The van der Waals surface area contributed by atoms with E-state index in [4.69, 9.17) is 11.6 Å². The monoisotopic (exact) mass is 488 g/mol. The summed E-state index contributed by atoms with van der Waals surface area (Å²) in [4.78, 5) is 43.2. The van der Waals surface area contributed by atoms with Gasteiger partial charge in [-0.3, -0.25) is 14.5 Å². The van der Waals surface area contributed by atoms with Crippen molar-refractivity contribution in [2.45, 2.75) is 11.7 Å². The van der Waals surface area contributed by atoms with E-state index >= 15 is 0 Å². The molecular formula is C23H16ClF3N4O3. The fourth-order valence-corrected chi connectivity index (χ4v) is 3.87. The van der Waals surface area contributed by atoms with Crippen LogP contribution in [0.2, 0.25) is 5.02 Å². The first-order valence-electron chi connectivity index (χ1n) is 9.90. The van der Waals surface area contributed by atoms with Gasteiger partial charge in [-0.1, -0.05) is 72.3 Å². The summed E-state index contributed by atoms with van der Waals surface area (Å²) in [5.74, 6) is -1.88. The van der Waals surface area contributed by atoms with E-state index in [0.717, 1.165) is 4.90 Å². The highest BCUT2D eigenvalue weighted by Crippen LogP contribution is 2.36. The van der Waals surface area contributed by atoms with Gasteiger partial charge in [0.05, 0.1) is 10.6 Å². The summed E-state index contributed by atoms with van der Waals surface area (Å²) in [5.41, 5.74) is -1.64. The number of rotatable bonds is 5. The lowest BCUT2D eigenvalue weighted by Crippen LogP contribution is -2.45. The minimum Gasteiger partial charge on any atom is -0.315 e. The van der Waals surface area contributed by atoms with Crippen molar-refractivity contribution in [2.24, 2.45) is 0 Å². The first kappa shape index (κ1) is 23.2. The molecule has 0 aliphatic carbocycles. The molecule has 0 radical (unpaired) electrons. The summed E-state index contributed by atoms with van der Waals surface area (Å²) in [6.45, 7) is -0.703. The summed E-state index contributed by atoms with van der Waals surface area (Å²) in [6, 6.07) is 16.9. The molecule has 11 heteroatoms. The minimum atomic E-state index is -4.66. The molecule has 3 aromatic rings. The highest BCUT2D eigenvalue weighted by Gasteiger charge is 2.54. The molecule has 174 valence electrons. The molecule has 7 nitrogen and oxygen atoms in total. The fourth-order valence-electron chi connectivity index (χ4n) is 3.65. The van der Waals surface area contributed by atoms with Crippen LogP contribution in [0.1, 0.15) is 16.7 Å². The lowest BCUT2D eigenvalue weighted by atomic mass is 9.82. The Balaban J connectivity index is 1.60. The Kier molecular flexibility index (Phi) is 6.01. The number of imide groups is 1. The number of nitrogens with one attached hydrogen (secondary N) is 2. The van der Waals surface area contributed by atoms with E-state index < -0.39 is 46.7 Å². The predicted octanol–water partition coefficient (Wildman–Crippen LogP) is 4.19. The van der Waals surface area contributed by atoms with Crippen LogP contribution in [0.5, 0.6) is 0 Å². The molecule has 0 spiro atoms. The molecule has 2 heterocycles. The van der Waals surface area contributed by atoms with Crippen LogP contribution in [0.15, 0.2) is 72.9 Å². The molecule has 0 unspecified atom stereocenters. The number of hydrogen-bond donors (Lipinski definition) is 2. The number of anilines is 1. The molecule has 1 aliphatic rings. The molecule has 1 saturated heterocycles. The molecule has 2 aromatic carbocycles. The summed E-state index contributed by atoms with van der Waals surface area (Å²) < 4.78 is 38.4. The van der Waals surface area contributed by atoms with E-state index in [1.54, 1.807) is 60.7 Å². The Labute approximate surface area is 196 Å². The van der Waals surface area contributed by atoms with E-state index in [-0.39, 0.29) is 5.82 Å². The number of benzene rings is 2. The first-order valence-corrected chi connectivity index (χ1v) is 10.3. The smallest absolute Gasteiger partial charge is 0.315 e. The van der Waals surface area contributed by atoms with Crippen LogP contribution >= 0.6 is 11.6 Å². The van der Waals surface area contributed by atoms with Gasteiger partial charge in [0.25, 0.3) is 5.91 Å². The zero-order chi connectivity index (χ0) is 24.5. The average molecular weight is 489 g/mol. The molecule has 1 aliphatic heterocycles. The number of carbonyl (C=O) groups is 3. The van der Waals surface area contributed by atoms with Gasteiger partial charge in [-0.2, -0.15) is 13.2 Å². The SMILES string of the molecule is O=C(CN1C(=O)NC(c2ccccc2)(c2ccccc2)C1=O)Nc1ncc(C(F)(F)F)cc1Cl.